The van der Waals surface area contributed by atoms with Crippen LogP contribution in [0.15, 0.2) is 76.2 Å². The predicted octanol–water partition coefficient (Wildman–Crippen LogP) is 4.15. The van der Waals surface area contributed by atoms with Gasteiger partial charge in [0.2, 0.25) is 5.91 Å². The number of benzene rings is 2. The Kier molecular flexibility index (Phi) is 5.16. The zero-order chi connectivity index (χ0) is 22.1. The number of oxazole rings is 1. The molecule has 2 aromatic carbocycles. The zero-order valence-corrected chi connectivity index (χ0v) is 18.0. The molecule has 160 valence electrons. The number of imidazole rings is 1. The molecular formula is C23H19N5O3S. The standard InChI is InChI=1S/C23H19N5O3S/c1-27-14-12-24-21(27)20-19(15-7-3-2-4-8-15)26-22(32-20)25-18(29)11-13-28-16-9-5-6-10-17(16)31-23(28)30/h2-10,12,14H,11,13H2,1H3,(H,25,26,29). The number of amides is 1. The SMILES string of the molecule is Cn1ccnc1-c1sc(NC(=O)CCn2c(=O)oc3ccccc32)nc1-c1ccccc1. The fourth-order valence-corrected chi connectivity index (χ4v) is 4.57. The molecule has 0 aliphatic rings. The number of rotatable bonds is 6. The third-order valence-electron chi connectivity index (χ3n) is 5.08. The lowest BCUT2D eigenvalue weighted by Gasteiger charge is -2.03. The molecule has 0 atom stereocenters. The van der Waals surface area contributed by atoms with E-state index in [1.807, 2.05) is 54.2 Å². The zero-order valence-electron chi connectivity index (χ0n) is 17.2. The molecule has 32 heavy (non-hydrogen) atoms. The van der Waals surface area contributed by atoms with Gasteiger partial charge in [-0.05, 0) is 12.1 Å². The monoisotopic (exact) mass is 445 g/mol. The van der Waals surface area contributed by atoms with Crippen molar-refractivity contribution in [2.24, 2.45) is 7.05 Å². The molecular weight excluding hydrogens is 426 g/mol. The number of aryl methyl sites for hydroxylation is 2. The Balaban J connectivity index is 1.39. The molecule has 0 aliphatic heterocycles. The molecule has 3 aromatic heterocycles. The maximum atomic E-state index is 12.7. The van der Waals surface area contributed by atoms with E-state index in [4.69, 9.17) is 4.42 Å². The summed E-state index contributed by atoms with van der Waals surface area (Å²) in [7, 11) is 1.92. The van der Waals surface area contributed by atoms with E-state index in [9.17, 15) is 9.59 Å². The highest BCUT2D eigenvalue weighted by atomic mass is 32.1. The summed E-state index contributed by atoms with van der Waals surface area (Å²) in [6.07, 6.45) is 3.71. The molecule has 0 aliphatic carbocycles. The molecule has 5 aromatic rings. The third-order valence-corrected chi connectivity index (χ3v) is 6.05. The van der Waals surface area contributed by atoms with Gasteiger partial charge in [-0.15, -0.1) is 0 Å². The minimum atomic E-state index is -0.475. The van der Waals surface area contributed by atoms with Crippen LogP contribution in [0.5, 0.6) is 0 Å². The number of para-hydroxylation sites is 2. The molecule has 3 heterocycles. The minimum absolute atomic E-state index is 0.113. The first kappa shape index (κ1) is 20.0. The van der Waals surface area contributed by atoms with Crippen molar-refractivity contribution < 1.29 is 9.21 Å². The van der Waals surface area contributed by atoms with Crippen molar-refractivity contribution in [3.05, 3.63) is 77.5 Å². The summed E-state index contributed by atoms with van der Waals surface area (Å²) in [6, 6.07) is 16.9. The van der Waals surface area contributed by atoms with Gasteiger partial charge in [-0.25, -0.2) is 14.8 Å². The quantitative estimate of drug-likeness (QED) is 0.424. The van der Waals surface area contributed by atoms with Gasteiger partial charge in [-0.3, -0.25) is 9.36 Å². The third kappa shape index (κ3) is 3.74. The second-order valence-electron chi connectivity index (χ2n) is 7.21. The molecule has 0 spiro atoms. The lowest BCUT2D eigenvalue weighted by molar-refractivity contribution is -0.116. The number of thiazole rings is 1. The van der Waals surface area contributed by atoms with Crippen molar-refractivity contribution >= 4 is 33.5 Å². The number of anilines is 1. The number of hydrogen-bond donors (Lipinski definition) is 1. The van der Waals surface area contributed by atoms with E-state index in [0.29, 0.717) is 16.2 Å². The summed E-state index contributed by atoms with van der Waals surface area (Å²) in [4.78, 5) is 34.8. The van der Waals surface area contributed by atoms with Crippen LogP contribution in [0.25, 0.3) is 33.1 Å². The molecule has 9 heteroatoms. The van der Waals surface area contributed by atoms with Gasteiger partial charge >= 0.3 is 5.76 Å². The van der Waals surface area contributed by atoms with Crippen molar-refractivity contribution in [2.75, 3.05) is 5.32 Å². The Morgan fingerprint density at radius 2 is 1.91 bits per heavy atom. The average Bonchev–Trinajstić information content (AvgIpc) is 3.49. The molecule has 0 saturated carbocycles. The Hall–Kier alpha value is -3.98. The van der Waals surface area contributed by atoms with Gasteiger partial charge in [0.15, 0.2) is 16.5 Å². The molecule has 1 N–H and O–H groups in total. The molecule has 0 fully saturated rings. The number of fused-ring (bicyclic) bond motifs is 1. The molecule has 1 amide bonds. The van der Waals surface area contributed by atoms with E-state index in [0.717, 1.165) is 22.0 Å². The minimum Gasteiger partial charge on any atom is -0.408 e. The van der Waals surface area contributed by atoms with Crippen LogP contribution in [-0.2, 0) is 18.4 Å². The summed E-state index contributed by atoms with van der Waals surface area (Å²) in [5, 5.41) is 3.35. The topological polar surface area (TPSA) is 95.0 Å². The van der Waals surface area contributed by atoms with Gasteiger partial charge < -0.3 is 14.3 Å². The van der Waals surface area contributed by atoms with E-state index in [1.54, 1.807) is 24.4 Å². The van der Waals surface area contributed by atoms with E-state index in [2.05, 4.69) is 15.3 Å². The number of hydrogen-bond acceptors (Lipinski definition) is 6. The molecule has 0 bridgehead atoms. The van der Waals surface area contributed by atoms with Gasteiger partial charge in [-0.2, -0.15) is 0 Å². The van der Waals surface area contributed by atoms with Gasteiger partial charge in [0, 0.05) is 38.0 Å². The van der Waals surface area contributed by atoms with Crippen LogP contribution >= 0.6 is 11.3 Å². The summed E-state index contributed by atoms with van der Waals surface area (Å²) < 4.78 is 8.61. The van der Waals surface area contributed by atoms with E-state index in [-0.39, 0.29) is 18.9 Å². The molecule has 0 unspecified atom stereocenters. The fourth-order valence-electron chi connectivity index (χ4n) is 3.52. The van der Waals surface area contributed by atoms with Crippen molar-refractivity contribution in [3.63, 3.8) is 0 Å². The first-order valence-corrected chi connectivity index (χ1v) is 10.8. The Bertz CT molecular complexity index is 1460. The van der Waals surface area contributed by atoms with Crippen LogP contribution in [0, 0.1) is 0 Å². The lowest BCUT2D eigenvalue weighted by Crippen LogP contribution is -2.19. The van der Waals surface area contributed by atoms with Crippen LogP contribution in [0.2, 0.25) is 0 Å². The number of aromatic nitrogens is 4. The van der Waals surface area contributed by atoms with Crippen LogP contribution in [0.1, 0.15) is 6.42 Å². The fraction of sp³-hybridized carbons (Fsp3) is 0.130. The average molecular weight is 446 g/mol. The van der Waals surface area contributed by atoms with Gasteiger partial charge in [0.25, 0.3) is 0 Å². The highest BCUT2D eigenvalue weighted by Gasteiger charge is 2.19. The Labute approximate surface area is 186 Å². The second-order valence-corrected chi connectivity index (χ2v) is 8.21. The highest BCUT2D eigenvalue weighted by molar-refractivity contribution is 7.19. The summed E-state index contributed by atoms with van der Waals surface area (Å²) in [6.45, 7) is 0.213. The van der Waals surface area contributed by atoms with Crippen LogP contribution < -0.4 is 11.1 Å². The van der Waals surface area contributed by atoms with E-state index >= 15 is 0 Å². The van der Waals surface area contributed by atoms with Gasteiger partial charge in [-0.1, -0.05) is 53.8 Å². The number of carbonyl (C=O) groups is 1. The van der Waals surface area contributed by atoms with E-state index in [1.165, 1.54) is 15.9 Å². The first-order chi connectivity index (χ1) is 15.6. The number of nitrogens with zero attached hydrogens (tertiary/aromatic N) is 4. The van der Waals surface area contributed by atoms with Gasteiger partial charge in [0.1, 0.15) is 0 Å². The Morgan fingerprint density at radius 1 is 1.12 bits per heavy atom. The highest BCUT2D eigenvalue weighted by Crippen LogP contribution is 2.38. The summed E-state index contributed by atoms with van der Waals surface area (Å²) in [5.41, 5.74) is 2.88. The summed E-state index contributed by atoms with van der Waals surface area (Å²) >= 11 is 1.37. The van der Waals surface area contributed by atoms with E-state index < -0.39 is 5.76 Å². The van der Waals surface area contributed by atoms with Crippen molar-refractivity contribution in [1.29, 1.82) is 0 Å². The summed E-state index contributed by atoms with van der Waals surface area (Å²) in [5.74, 6) is 0.0666. The first-order valence-electron chi connectivity index (χ1n) is 10.0. The number of nitrogens with one attached hydrogen (secondary N) is 1. The number of carbonyl (C=O) groups excluding carboxylic acids is 1. The Morgan fingerprint density at radius 3 is 2.69 bits per heavy atom. The molecule has 8 nitrogen and oxygen atoms in total. The van der Waals surface area contributed by atoms with Crippen LogP contribution in [-0.4, -0.2) is 25.0 Å². The second kappa shape index (κ2) is 8.27. The van der Waals surface area contributed by atoms with Crippen molar-refractivity contribution in [2.45, 2.75) is 13.0 Å². The smallest absolute Gasteiger partial charge is 0.408 e. The molecule has 0 radical (unpaired) electrons. The largest absolute Gasteiger partial charge is 0.419 e. The van der Waals surface area contributed by atoms with Crippen LogP contribution in [0.4, 0.5) is 5.13 Å². The van der Waals surface area contributed by atoms with Gasteiger partial charge in [0.05, 0.1) is 16.1 Å². The molecule has 0 saturated heterocycles. The molecule has 5 rings (SSSR count). The normalized spacial score (nSPS) is 11.2. The maximum Gasteiger partial charge on any atom is 0.419 e. The predicted molar refractivity (Wildman–Crippen MR) is 123 cm³/mol. The lowest BCUT2D eigenvalue weighted by atomic mass is 10.1. The van der Waals surface area contributed by atoms with Crippen LogP contribution in [0.3, 0.4) is 0 Å². The maximum absolute atomic E-state index is 12.7. The van der Waals surface area contributed by atoms with Crippen molar-refractivity contribution in [3.8, 4) is 22.0 Å². The van der Waals surface area contributed by atoms with Crippen molar-refractivity contribution in [1.82, 2.24) is 19.1 Å².